The van der Waals surface area contributed by atoms with Gasteiger partial charge in [-0.2, -0.15) is 0 Å². The third-order valence-corrected chi connectivity index (χ3v) is 6.87. The highest BCUT2D eigenvalue weighted by molar-refractivity contribution is 7.92. The molecule has 1 aromatic carbocycles. The molecule has 2 heterocycles. The van der Waals surface area contributed by atoms with Gasteiger partial charge < -0.3 is 0 Å². The zero-order valence-corrected chi connectivity index (χ0v) is 17.7. The zero-order chi connectivity index (χ0) is 20.6. The summed E-state index contributed by atoms with van der Waals surface area (Å²) in [6, 6.07) is 11.6. The first-order valence-electron chi connectivity index (χ1n) is 10.1. The summed E-state index contributed by atoms with van der Waals surface area (Å²) in [6.45, 7) is 4.11. The molecule has 0 bridgehead atoms. The zero-order valence-electron chi connectivity index (χ0n) is 16.8. The Kier molecular flexibility index (Phi) is 5.44. The average Bonchev–Trinajstić information content (AvgIpc) is 3.03. The third kappa shape index (κ3) is 4.36. The van der Waals surface area contributed by atoms with E-state index >= 15 is 0 Å². The molecular weight excluding hydrogens is 386 g/mol. The monoisotopic (exact) mass is 413 g/mol. The van der Waals surface area contributed by atoms with Crippen LogP contribution in [0.1, 0.15) is 47.4 Å². The van der Waals surface area contributed by atoms with E-state index in [0.29, 0.717) is 17.2 Å². The Labute approximate surface area is 172 Å². The van der Waals surface area contributed by atoms with E-state index in [1.165, 1.54) is 0 Å². The normalized spacial score (nSPS) is 21.7. The molecule has 29 heavy (non-hydrogen) atoms. The van der Waals surface area contributed by atoms with Gasteiger partial charge in [-0.15, -0.1) is 0 Å². The van der Waals surface area contributed by atoms with Gasteiger partial charge in [0.25, 0.3) is 0 Å². The molecule has 6 nitrogen and oxygen atoms in total. The number of carbonyl (C=O) groups excluding carboxylic acids is 1. The Morgan fingerprint density at radius 1 is 1.17 bits per heavy atom. The van der Waals surface area contributed by atoms with Gasteiger partial charge in [0, 0.05) is 29.4 Å². The van der Waals surface area contributed by atoms with Crippen LogP contribution in [0.4, 0.5) is 5.69 Å². The highest BCUT2D eigenvalue weighted by Gasteiger charge is 2.38. The van der Waals surface area contributed by atoms with Gasteiger partial charge in [-0.1, -0.05) is 12.1 Å². The van der Waals surface area contributed by atoms with Crippen molar-refractivity contribution >= 4 is 21.5 Å². The third-order valence-electron chi connectivity index (χ3n) is 6.26. The van der Waals surface area contributed by atoms with Gasteiger partial charge in [0.15, 0.2) is 5.78 Å². The molecule has 2 unspecified atom stereocenters. The maximum absolute atomic E-state index is 13.0. The topological polar surface area (TPSA) is 79.4 Å². The van der Waals surface area contributed by atoms with Crippen LogP contribution >= 0.6 is 0 Å². The average molecular weight is 414 g/mol. The number of likely N-dealkylation sites (tertiary alicyclic amines) is 1. The SMILES string of the molecule is CC(c1ccccn1)N1CCC(C2Cc3ccc(NS(C)(=O)=O)cc3C2=O)CC1. The van der Waals surface area contributed by atoms with Crippen molar-refractivity contribution in [3.63, 3.8) is 0 Å². The molecule has 0 spiro atoms. The van der Waals surface area contributed by atoms with E-state index in [0.717, 1.165) is 49.9 Å². The number of ketones is 1. The number of aromatic nitrogens is 1. The largest absolute Gasteiger partial charge is 0.295 e. The number of hydrogen-bond acceptors (Lipinski definition) is 5. The minimum atomic E-state index is -3.36. The minimum Gasteiger partial charge on any atom is -0.295 e. The number of nitrogens with one attached hydrogen (secondary N) is 1. The van der Waals surface area contributed by atoms with Crippen LogP contribution in [0.5, 0.6) is 0 Å². The fraction of sp³-hybridized carbons (Fsp3) is 0.455. The van der Waals surface area contributed by atoms with Gasteiger partial charge in [0.05, 0.1) is 11.9 Å². The smallest absolute Gasteiger partial charge is 0.229 e. The number of Topliss-reactive ketones (excluding diaryl/α,β-unsaturated/α-hetero) is 1. The number of hydrogen-bond donors (Lipinski definition) is 1. The summed E-state index contributed by atoms with van der Waals surface area (Å²) in [5, 5.41) is 0. The van der Waals surface area contributed by atoms with Crippen molar-refractivity contribution in [2.45, 2.75) is 32.2 Å². The van der Waals surface area contributed by atoms with Gasteiger partial charge in [-0.05, 0) is 75.0 Å². The summed E-state index contributed by atoms with van der Waals surface area (Å²) < 4.78 is 25.4. The van der Waals surface area contributed by atoms with Crippen LogP contribution in [-0.4, -0.2) is 43.4 Å². The Morgan fingerprint density at radius 2 is 1.93 bits per heavy atom. The van der Waals surface area contributed by atoms with Crippen LogP contribution in [0.15, 0.2) is 42.6 Å². The molecule has 2 aliphatic rings. The van der Waals surface area contributed by atoms with Crippen LogP contribution in [0.3, 0.4) is 0 Å². The van der Waals surface area contributed by atoms with Crippen LogP contribution in [-0.2, 0) is 16.4 Å². The van der Waals surface area contributed by atoms with Crippen molar-refractivity contribution in [2.24, 2.45) is 11.8 Å². The standard InChI is InChI=1S/C22H27N3O3S/c1-15(21-5-3-4-10-23-21)25-11-8-16(9-12-25)19-13-17-6-7-18(24-29(2,27)28)14-20(17)22(19)26/h3-7,10,14-16,19,24H,8-9,11-13H2,1-2H3. The van der Waals surface area contributed by atoms with E-state index in [2.05, 4.69) is 27.6 Å². The summed E-state index contributed by atoms with van der Waals surface area (Å²) in [5.41, 5.74) is 3.25. The van der Waals surface area contributed by atoms with Crippen LogP contribution in [0.25, 0.3) is 0 Å². The fourth-order valence-corrected chi connectivity index (χ4v) is 5.25. The Hall–Kier alpha value is -2.25. The molecule has 1 fully saturated rings. The fourth-order valence-electron chi connectivity index (χ4n) is 4.69. The Bertz CT molecular complexity index is 999. The molecule has 1 aromatic heterocycles. The number of anilines is 1. The number of pyridine rings is 1. The molecule has 1 N–H and O–H groups in total. The lowest BCUT2D eigenvalue weighted by atomic mass is 9.81. The highest BCUT2D eigenvalue weighted by Crippen LogP contribution is 2.38. The first-order valence-corrected chi connectivity index (χ1v) is 12.0. The van der Waals surface area contributed by atoms with Crippen molar-refractivity contribution in [2.75, 3.05) is 24.1 Å². The Morgan fingerprint density at radius 3 is 2.59 bits per heavy atom. The summed E-state index contributed by atoms with van der Waals surface area (Å²) >= 11 is 0. The van der Waals surface area contributed by atoms with E-state index in [1.54, 1.807) is 12.1 Å². The minimum absolute atomic E-state index is 0.00536. The predicted octanol–water partition coefficient (Wildman–Crippen LogP) is 3.28. The number of benzene rings is 1. The lowest BCUT2D eigenvalue weighted by molar-refractivity contribution is 0.0779. The lowest BCUT2D eigenvalue weighted by Crippen LogP contribution is -2.39. The molecule has 0 amide bonds. The number of carbonyl (C=O) groups is 1. The highest BCUT2D eigenvalue weighted by atomic mass is 32.2. The molecule has 154 valence electrons. The van der Waals surface area contributed by atoms with Crippen LogP contribution in [0.2, 0.25) is 0 Å². The summed E-state index contributed by atoms with van der Waals surface area (Å²) in [4.78, 5) is 20.0. The predicted molar refractivity (Wildman–Crippen MR) is 113 cm³/mol. The molecular formula is C22H27N3O3S. The molecule has 2 atom stereocenters. The van der Waals surface area contributed by atoms with Crippen molar-refractivity contribution in [3.05, 3.63) is 59.4 Å². The quantitative estimate of drug-likeness (QED) is 0.814. The summed E-state index contributed by atoms with van der Waals surface area (Å²) in [7, 11) is -3.36. The first-order chi connectivity index (χ1) is 13.8. The van der Waals surface area contributed by atoms with Crippen molar-refractivity contribution in [3.8, 4) is 0 Å². The van der Waals surface area contributed by atoms with Gasteiger partial charge >= 0.3 is 0 Å². The van der Waals surface area contributed by atoms with E-state index in [-0.39, 0.29) is 17.7 Å². The van der Waals surface area contributed by atoms with Gasteiger partial charge in [-0.3, -0.25) is 19.4 Å². The number of piperidine rings is 1. The van der Waals surface area contributed by atoms with E-state index in [4.69, 9.17) is 0 Å². The molecule has 4 rings (SSSR count). The second-order valence-electron chi connectivity index (χ2n) is 8.22. The molecule has 0 saturated carbocycles. The number of sulfonamides is 1. The van der Waals surface area contributed by atoms with E-state index < -0.39 is 10.0 Å². The molecule has 0 radical (unpaired) electrons. The van der Waals surface area contributed by atoms with E-state index in [9.17, 15) is 13.2 Å². The summed E-state index contributed by atoms with van der Waals surface area (Å²) in [6.07, 6.45) is 5.70. The summed E-state index contributed by atoms with van der Waals surface area (Å²) in [5.74, 6) is 0.535. The molecule has 1 aliphatic carbocycles. The van der Waals surface area contributed by atoms with Gasteiger partial charge in [-0.25, -0.2) is 8.42 Å². The second-order valence-corrected chi connectivity index (χ2v) is 9.97. The Balaban J connectivity index is 1.41. The lowest BCUT2D eigenvalue weighted by Gasteiger charge is -2.37. The maximum Gasteiger partial charge on any atom is 0.229 e. The van der Waals surface area contributed by atoms with E-state index in [1.807, 2.05) is 24.4 Å². The van der Waals surface area contributed by atoms with Crippen molar-refractivity contribution in [1.82, 2.24) is 9.88 Å². The van der Waals surface area contributed by atoms with Crippen molar-refractivity contribution in [1.29, 1.82) is 0 Å². The molecule has 1 saturated heterocycles. The number of fused-ring (bicyclic) bond motifs is 1. The van der Waals surface area contributed by atoms with Gasteiger partial charge in [0.1, 0.15) is 0 Å². The molecule has 2 aromatic rings. The number of nitrogens with zero attached hydrogens (tertiary/aromatic N) is 2. The number of rotatable bonds is 5. The molecule has 7 heteroatoms. The first kappa shape index (κ1) is 20.0. The van der Waals surface area contributed by atoms with Crippen molar-refractivity contribution < 1.29 is 13.2 Å². The van der Waals surface area contributed by atoms with Gasteiger partial charge in [0.2, 0.25) is 10.0 Å². The molecule has 1 aliphatic heterocycles. The van der Waals surface area contributed by atoms with Crippen LogP contribution < -0.4 is 4.72 Å². The van der Waals surface area contributed by atoms with Crippen LogP contribution in [0, 0.1) is 11.8 Å². The second kappa shape index (κ2) is 7.88. The maximum atomic E-state index is 13.0.